The molecule has 0 heterocycles. The van der Waals surface area contributed by atoms with Crippen LogP contribution in [0.5, 0.6) is 5.75 Å². The van der Waals surface area contributed by atoms with E-state index < -0.39 is 0 Å². The molecule has 2 rings (SSSR count). The van der Waals surface area contributed by atoms with Gasteiger partial charge in [0.15, 0.2) is 0 Å². The fraction of sp³-hybridized carbons (Fsp3) is 0.278. The van der Waals surface area contributed by atoms with Crippen molar-refractivity contribution in [1.82, 2.24) is 5.43 Å². The zero-order chi connectivity index (χ0) is 16.5. The maximum absolute atomic E-state index is 11.0. The summed E-state index contributed by atoms with van der Waals surface area (Å²) in [5.74, 6) is 0.440. The number of hydrogen-bond donors (Lipinski definition) is 2. The highest BCUT2D eigenvalue weighted by molar-refractivity contribution is 5.66. The Kier molecular flexibility index (Phi) is 6.44. The molecule has 122 valence electrons. The number of para-hydroxylation sites is 1. The fourth-order valence-corrected chi connectivity index (χ4v) is 2.10. The highest BCUT2D eigenvalue weighted by Gasteiger charge is 2.07. The van der Waals surface area contributed by atoms with Crippen LogP contribution in [0.4, 0.5) is 5.69 Å². The van der Waals surface area contributed by atoms with Crippen LogP contribution < -0.4 is 15.6 Å². The quantitative estimate of drug-likeness (QED) is 0.578. The third-order valence-electron chi connectivity index (χ3n) is 3.15. The molecule has 0 saturated carbocycles. The van der Waals surface area contributed by atoms with Crippen molar-refractivity contribution in [2.24, 2.45) is 0 Å². The second-order valence-electron chi connectivity index (χ2n) is 5.00. The average Bonchev–Trinajstić information content (AvgIpc) is 2.56. The van der Waals surface area contributed by atoms with Gasteiger partial charge in [0.2, 0.25) is 0 Å². The molecule has 0 atom stereocenters. The van der Waals surface area contributed by atoms with E-state index in [1.807, 2.05) is 55.5 Å². The molecule has 2 aromatic rings. The normalized spacial score (nSPS) is 10.2. The number of esters is 1. The van der Waals surface area contributed by atoms with Gasteiger partial charge in [-0.05, 0) is 36.8 Å². The first-order valence-corrected chi connectivity index (χ1v) is 7.61. The van der Waals surface area contributed by atoms with Crippen LogP contribution in [0.2, 0.25) is 0 Å². The van der Waals surface area contributed by atoms with E-state index in [0.717, 1.165) is 22.6 Å². The Morgan fingerprint density at radius 3 is 2.61 bits per heavy atom. The van der Waals surface area contributed by atoms with Gasteiger partial charge in [0.05, 0.1) is 6.61 Å². The average molecular weight is 314 g/mol. The monoisotopic (exact) mass is 314 g/mol. The van der Waals surface area contributed by atoms with Crippen LogP contribution in [0.15, 0.2) is 48.5 Å². The molecule has 0 aromatic heterocycles. The number of hydrogen-bond acceptors (Lipinski definition) is 5. The lowest BCUT2D eigenvalue weighted by atomic mass is 10.1. The Hall–Kier alpha value is -2.53. The van der Waals surface area contributed by atoms with Crippen LogP contribution in [0.1, 0.15) is 25.0 Å². The summed E-state index contributed by atoms with van der Waals surface area (Å²) in [7, 11) is 0. The number of carbonyl (C=O) groups is 1. The van der Waals surface area contributed by atoms with Gasteiger partial charge in [0, 0.05) is 24.7 Å². The zero-order valence-corrected chi connectivity index (χ0v) is 13.5. The van der Waals surface area contributed by atoms with Gasteiger partial charge in [0.1, 0.15) is 12.4 Å². The number of benzene rings is 2. The van der Waals surface area contributed by atoms with Gasteiger partial charge >= 0.3 is 5.97 Å². The highest BCUT2D eigenvalue weighted by atomic mass is 16.5. The Bertz CT molecular complexity index is 629. The Balaban J connectivity index is 1.98. The minimum atomic E-state index is -0.304. The summed E-state index contributed by atoms with van der Waals surface area (Å²) >= 11 is 0. The summed E-state index contributed by atoms with van der Waals surface area (Å²) in [5, 5.41) is 0. The van der Waals surface area contributed by atoms with E-state index in [1.165, 1.54) is 6.92 Å². The maximum Gasteiger partial charge on any atom is 0.302 e. The Morgan fingerprint density at radius 1 is 1.13 bits per heavy atom. The minimum Gasteiger partial charge on any atom is -0.493 e. The second kappa shape index (κ2) is 8.80. The summed E-state index contributed by atoms with van der Waals surface area (Å²) < 4.78 is 10.7. The number of rotatable bonds is 8. The summed E-state index contributed by atoms with van der Waals surface area (Å²) in [5.41, 5.74) is 9.23. The predicted octanol–water partition coefficient (Wildman–Crippen LogP) is 3.27. The number of ether oxygens (including phenoxy) is 2. The fourth-order valence-electron chi connectivity index (χ4n) is 2.10. The Labute approximate surface area is 136 Å². The van der Waals surface area contributed by atoms with Crippen LogP contribution in [-0.2, 0) is 22.7 Å². The van der Waals surface area contributed by atoms with Crippen LogP contribution in [0.3, 0.4) is 0 Å². The number of carbonyl (C=O) groups excluding carboxylic acids is 1. The van der Waals surface area contributed by atoms with E-state index in [2.05, 4.69) is 10.9 Å². The standard InChI is InChI=1S/C18H22N2O3/c1-3-22-18-10-9-15(11-16(18)13-23-14(2)21)12-19-20-17-7-5-4-6-8-17/h4-11,19-20H,3,12-13H2,1-2H3. The molecular weight excluding hydrogens is 292 g/mol. The van der Waals surface area contributed by atoms with E-state index >= 15 is 0 Å². The first-order chi connectivity index (χ1) is 11.2. The smallest absolute Gasteiger partial charge is 0.302 e. The van der Waals surface area contributed by atoms with Crippen LogP contribution in [0.25, 0.3) is 0 Å². The number of nitrogens with one attached hydrogen (secondary N) is 2. The molecule has 0 unspecified atom stereocenters. The van der Waals surface area contributed by atoms with Crippen molar-refractivity contribution in [3.8, 4) is 5.75 Å². The van der Waals surface area contributed by atoms with Crippen molar-refractivity contribution in [3.05, 3.63) is 59.7 Å². The molecule has 0 bridgehead atoms. The molecule has 0 aliphatic heterocycles. The van der Waals surface area contributed by atoms with E-state index in [0.29, 0.717) is 13.2 Å². The van der Waals surface area contributed by atoms with Crippen LogP contribution in [0, 0.1) is 0 Å². The summed E-state index contributed by atoms with van der Waals surface area (Å²) in [6.07, 6.45) is 0. The Morgan fingerprint density at radius 2 is 1.91 bits per heavy atom. The molecule has 0 fully saturated rings. The van der Waals surface area contributed by atoms with Crippen molar-refractivity contribution in [2.75, 3.05) is 12.0 Å². The van der Waals surface area contributed by atoms with Gasteiger partial charge in [-0.1, -0.05) is 24.3 Å². The van der Waals surface area contributed by atoms with E-state index in [9.17, 15) is 4.79 Å². The highest BCUT2D eigenvalue weighted by Crippen LogP contribution is 2.21. The third-order valence-corrected chi connectivity index (χ3v) is 3.15. The van der Waals surface area contributed by atoms with Crippen LogP contribution in [-0.4, -0.2) is 12.6 Å². The molecule has 0 radical (unpaired) electrons. The SMILES string of the molecule is CCOc1ccc(CNNc2ccccc2)cc1COC(C)=O. The molecule has 0 spiro atoms. The largest absolute Gasteiger partial charge is 0.493 e. The molecule has 2 N–H and O–H groups in total. The molecule has 2 aromatic carbocycles. The predicted molar refractivity (Wildman–Crippen MR) is 90.0 cm³/mol. The molecule has 0 aliphatic carbocycles. The molecule has 5 nitrogen and oxygen atoms in total. The van der Waals surface area contributed by atoms with Crippen molar-refractivity contribution < 1.29 is 14.3 Å². The first-order valence-electron chi connectivity index (χ1n) is 7.61. The van der Waals surface area contributed by atoms with Crippen molar-refractivity contribution in [1.29, 1.82) is 0 Å². The molecular formula is C18H22N2O3. The van der Waals surface area contributed by atoms with Gasteiger partial charge < -0.3 is 14.9 Å². The molecule has 5 heteroatoms. The molecule has 0 saturated heterocycles. The van der Waals surface area contributed by atoms with Crippen molar-refractivity contribution in [2.45, 2.75) is 27.0 Å². The minimum absolute atomic E-state index is 0.213. The lowest BCUT2D eigenvalue weighted by molar-refractivity contribution is -0.142. The lowest BCUT2D eigenvalue weighted by Crippen LogP contribution is -2.20. The number of hydrazine groups is 1. The zero-order valence-electron chi connectivity index (χ0n) is 13.5. The van der Waals surface area contributed by atoms with Gasteiger partial charge in [-0.3, -0.25) is 4.79 Å². The topological polar surface area (TPSA) is 59.6 Å². The van der Waals surface area contributed by atoms with Crippen LogP contribution >= 0.6 is 0 Å². The second-order valence-corrected chi connectivity index (χ2v) is 5.00. The summed E-state index contributed by atoms with van der Waals surface area (Å²) in [6.45, 7) is 4.74. The van der Waals surface area contributed by atoms with Gasteiger partial charge in [0.25, 0.3) is 0 Å². The van der Waals surface area contributed by atoms with E-state index in [-0.39, 0.29) is 12.6 Å². The maximum atomic E-state index is 11.0. The molecule has 23 heavy (non-hydrogen) atoms. The van der Waals surface area contributed by atoms with Gasteiger partial charge in [-0.25, -0.2) is 5.43 Å². The lowest BCUT2D eigenvalue weighted by Gasteiger charge is -2.13. The molecule has 0 aliphatic rings. The summed E-state index contributed by atoms with van der Waals surface area (Å²) in [6, 6.07) is 15.8. The summed E-state index contributed by atoms with van der Waals surface area (Å²) in [4.78, 5) is 11.0. The first kappa shape index (κ1) is 16.8. The van der Waals surface area contributed by atoms with Crippen molar-refractivity contribution >= 4 is 11.7 Å². The van der Waals surface area contributed by atoms with Gasteiger partial charge in [-0.15, -0.1) is 0 Å². The van der Waals surface area contributed by atoms with E-state index in [4.69, 9.17) is 9.47 Å². The van der Waals surface area contributed by atoms with E-state index in [1.54, 1.807) is 0 Å². The van der Waals surface area contributed by atoms with Gasteiger partial charge in [-0.2, -0.15) is 0 Å². The number of anilines is 1. The van der Waals surface area contributed by atoms with Crippen molar-refractivity contribution in [3.63, 3.8) is 0 Å². The molecule has 0 amide bonds. The third kappa shape index (κ3) is 5.64.